The summed E-state index contributed by atoms with van der Waals surface area (Å²) in [6.07, 6.45) is 1.64. The number of halogens is 1. The third-order valence-electron chi connectivity index (χ3n) is 2.73. The van der Waals surface area contributed by atoms with Crippen LogP contribution in [0, 0.1) is 11.3 Å². The van der Waals surface area contributed by atoms with Gasteiger partial charge in [0.2, 0.25) is 10.0 Å². The second-order valence-electron chi connectivity index (χ2n) is 4.42. The van der Waals surface area contributed by atoms with Crippen LogP contribution in [0.5, 0.6) is 0 Å². The predicted octanol–water partition coefficient (Wildman–Crippen LogP) is 2.04. The highest BCUT2D eigenvalue weighted by atomic mass is 35.5. The van der Waals surface area contributed by atoms with Gasteiger partial charge in [0.05, 0.1) is 16.7 Å². The van der Waals surface area contributed by atoms with Gasteiger partial charge in [0, 0.05) is 5.54 Å². The fraction of sp³-hybridized carbons (Fsp3) is 0.364. The average Bonchev–Trinajstić information content (AvgIpc) is 2.95. The predicted molar refractivity (Wildman–Crippen MR) is 64.1 cm³/mol. The molecule has 90 valence electrons. The molecule has 0 aromatic heterocycles. The van der Waals surface area contributed by atoms with Crippen LogP contribution in [-0.2, 0) is 10.0 Å². The maximum Gasteiger partial charge on any atom is 0.242 e. The first-order valence-corrected chi connectivity index (χ1v) is 6.96. The van der Waals surface area contributed by atoms with Crippen LogP contribution in [0.1, 0.15) is 25.3 Å². The summed E-state index contributed by atoms with van der Waals surface area (Å²) in [7, 11) is -3.65. The molecule has 0 saturated heterocycles. The van der Waals surface area contributed by atoms with Gasteiger partial charge in [0.25, 0.3) is 0 Å². The molecule has 1 aromatic carbocycles. The maximum atomic E-state index is 12.1. The summed E-state index contributed by atoms with van der Waals surface area (Å²) in [6.45, 7) is 1.84. The number of nitrogens with zero attached hydrogens (tertiary/aromatic N) is 1. The Morgan fingerprint density at radius 3 is 2.65 bits per heavy atom. The molecule has 6 heteroatoms. The molecule has 0 amide bonds. The number of hydrogen-bond donors (Lipinski definition) is 1. The Morgan fingerprint density at radius 2 is 2.12 bits per heavy atom. The normalized spacial score (nSPS) is 17.5. The molecular weight excluding hydrogens is 260 g/mol. The molecule has 0 spiro atoms. The van der Waals surface area contributed by atoms with Crippen molar-refractivity contribution in [3.8, 4) is 6.07 Å². The molecule has 1 fully saturated rings. The van der Waals surface area contributed by atoms with Crippen molar-refractivity contribution in [3.63, 3.8) is 0 Å². The summed E-state index contributed by atoms with van der Waals surface area (Å²) < 4.78 is 26.7. The minimum absolute atomic E-state index is 0.0358. The van der Waals surface area contributed by atoms with Gasteiger partial charge in [-0.2, -0.15) is 5.26 Å². The zero-order valence-electron chi connectivity index (χ0n) is 9.20. The molecule has 1 aromatic rings. The molecule has 0 heterocycles. The van der Waals surface area contributed by atoms with E-state index in [1.165, 1.54) is 18.2 Å². The number of hydrogen-bond acceptors (Lipinski definition) is 3. The van der Waals surface area contributed by atoms with Gasteiger partial charge in [0.1, 0.15) is 4.90 Å². The van der Waals surface area contributed by atoms with E-state index in [1.807, 2.05) is 13.0 Å². The lowest BCUT2D eigenvalue weighted by Crippen LogP contribution is -2.34. The van der Waals surface area contributed by atoms with Gasteiger partial charge >= 0.3 is 0 Å². The number of nitriles is 1. The van der Waals surface area contributed by atoms with Gasteiger partial charge in [-0.25, -0.2) is 13.1 Å². The van der Waals surface area contributed by atoms with E-state index in [4.69, 9.17) is 16.9 Å². The summed E-state index contributed by atoms with van der Waals surface area (Å²) >= 11 is 5.86. The van der Waals surface area contributed by atoms with Crippen molar-refractivity contribution in [2.75, 3.05) is 0 Å². The molecule has 17 heavy (non-hydrogen) atoms. The molecule has 4 nitrogen and oxygen atoms in total. The van der Waals surface area contributed by atoms with Crippen LogP contribution >= 0.6 is 11.6 Å². The van der Waals surface area contributed by atoms with Crippen molar-refractivity contribution < 1.29 is 8.42 Å². The van der Waals surface area contributed by atoms with Gasteiger partial charge < -0.3 is 0 Å². The molecule has 0 radical (unpaired) electrons. The summed E-state index contributed by atoms with van der Waals surface area (Å²) in [5.41, 5.74) is -0.0825. The van der Waals surface area contributed by atoms with E-state index >= 15 is 0 Å². The minimum atomic E-state index is -3.65. The third kappa shape index (κ3) is 2.60. The fourth-order valence-electron chi connectivity index (χ4n) is 1.45. The van der Waals surface area contributed by atoms with Crippen LogP contribution in [0.3, 0.4) is 0 Å². The summed E-state index contributed by atoms with van der Waals surface area (Å²) in [6, 6.07) is 6.09. The van der Waals surface area contributed by atoms with E-state index in [1.54, 1.807) is 0 Å². The molecular formula is C11H11ClN2O2S. The second-order valence-corrected chi connectivity index (χ2v) is 6.48. The molecule has 1 N–H and O–H groups in total. The van der Waals surface area contributed by atoms with Crippen molar-refractivity contribution in [2.24, 2.45) is 0 Å². The number of benzene rings is 1. The summed E-state index contributed by atoms with van der Waals surface area (Å²) in [5, 5.41) is 8.88. The van der Waals surface area contributed by atoms with E-state index in [2.05, 4.69) is 4.72 Å². The Labute approximate surface area is 105 Å². The van der Waals surface area contributed by atoms with Crippen LogP contribution in [0.4, 0.5) is 0 Å². The Bertz CT molecular complexity index is 600. The van der Waals surface area contributed by atoms with Crippen LogP contribution < -0.4 is 4.72 Å². The smallest absolute Gasteiger partial charge is 0.207 e. The molecule has 0 bridgehead atoms. The molecule has 0 unspecified atom stereocenters. The lowest BCUT2D eigenvalue weighted by atomic mass is 10.2. The van der Waals surface area contributed by atoms with Crippen molar-refractivity contribution in [2.45, 2.75) is 30.2 Å². The van der Waals surface area contributed by atoms with E-state index < -0.39 is 10.0 Å². The van der Waals surface area contributed by atoms with Gasteiger partial charge in [-0.3, -0.25) is 0 Å². The Hall–Kier alpha value is -1.09. The third-order valence-corrected chi connectivity index (χ3v) is 4.85. The SMILES string of the molecule is CC1(NS(=O)(=O)c2cc(C#N)ccc2Cl)CC1. The molecule has 2 rings (SSSR count). The quantitative estimate of drug-likeness (QED) is 0.914. The van der Waals surface area contributed by atoms with Gasteiger partial charge in [-0.15, -0.1) is 0 Å². The van der Waals surface area contributed by atoms with Gasteiger partial charge in [-0.05, 0) is 38.0 Å². The first kappa shape index (κ1) is 12.4. The summed E-state index contributed by atoms with van der Waals surface area (Å²) in [5.74, 6) is 0. The van der Waals surface area contributed by atoms with Gasteiger partial charge in [-0.1, -0.05) is 11.6 Å². The molecule has 0 aliphatic heterocycles. The number of nitrogens with one attached hydrogen (secondary N) is 1. The Morgan fingerprint density at radius 1 is 1.47 bits per heavy atom. The van der Waals surface area contributed by atoms with Crippen molar-refractivity contribution in [1.29, 1.82) is 5.26 Å². The fourth-order valence-corrected chi connectivity index (χ4v) is 3.44. The molecule has 1 saturated carbocycles. The molecule has 1 aliphatic rings. The lowest BCUT2D eigenvalue weighted by molar-refractivity contribution is 0.558. The zero-order valence-corrected chi connectivity index (χ0v) is 10.8. The second kappa shape index (κ2) is 3.98. The van der Waals surface area contributed by atoms with Crippen molar-refractivity contribution >= 4 is 21.6 Å². The van der Waals surface area contributed by atoms with Gasteiger partial charge in [0.15, 0.2) is 0 Å². The topological polar surface area (TPSA) is 70.0 Å². The monoisotopic (exact) mass is 270 g/mol. The van der Waals surface area contributed by atoms with E-state index in [-0.39, 0.29) is 21.0 Å². The van der Waals surface area contributed by atoms with E-state index in [0.29, 0.717) is 0 Å². The maximum absolute atomic E-state index is 12.1. The largest absolute Gasteiger partial charge is 0.242 e. The lowest BCUT2D eigenvalue weighted by Gasteiger charge is -2.13. The highest BCUT2D eigenvalue weighted by molar-refractivity contribution is 7.89. The van der Waals surface area contributed by atoms with Crippen molar-refractivity contribution in [1.82, 2.24) is 4.72 Å². The average molecular weight is 271 g/mol. The van der Waals surface area contributed by atoms with E-state index in [0.717, 1.165) is 12.8 Å². The van der Waals surface area contributed by atoms with Crippen LogP contribution in [-0.4, -0.2) is 14.0 Å². The minimum Gasteiger partial charge on any atom is -0.207 e. The highest BCUT2D eigenvalue weighted by Gasteiger charge is 2.41. The Kier molecular flexibility index (Phi) is 2.90. The van der Waals surface area contributed by atoms with Crippen LogP contribution in [0.25, 0.3) is 0 Å². The highest BCUT2D eigenvalue weighted by Crippen LogP contribution is 2.36. The molecule has 1 aliphatic carbocycles. The Balaban J connectivity index is 2.42. The summed E-state index contributed by atoms with van der Waals surface area (Å²) in [4.78, 5) is -0.0358. The number of sulfonamides is 1. The standard InChI is InChI=1S/C11H11ClN2O2S/c1-11(4-5-11)14-17(15,16)10-6-8(7-13)2-3-9(10)12/h2-3,6,14H,4-5H2,1H3. The van der Waals surface area contributed by atoms with Crippen LogP contribution in [0.2, 0.25) is 5.02 Å². The number of rotatable bonds is 3. The first-order valence-electron chi connectivity index (χ1n) is 5.10. The van der Waals surface area contributed by atoms with Crippen molar-refractivity contribution in [3.05, 3.63) is 28.8 Å². The molecule has 0 atom stereocenters. The van der Waals surface area contributed by atoms with Crippen LogP contribution in [0.15, 0.2) is 23.1 Å². The van der Waals surface area contributed by atoms with E-state index in [9.17, 15) is 8.42 Å². The first-order chi connectivity index (χ1) is 7.86. The zero-order chi connectivity index (χ0) is 12.7.